The van der Waals surface area contributed by atoms with Crippen LogP contribution in [0.25, 0.3) is 0 Å². The van der Waals surface area contributed by atoms with Crippen LogP contribution in [0.2, 0.25) is 0 Å². The van der Waals surface area contributed by atoms with Crippen molar-refractivity contribution in [3.8, 4) is 0 Å². The molecule has 1 aromatic heterocycles. The second-order valence-electron chi connectivity index (χ2n) is 5.08. The molecule has 24 heavy (non-hydrogen) atoms. The van der Waals surface area contributed by atoms with Gasteiger partial charge < -0.3 is 0 Å². The van der Waals surface area contributed by atoms with Gasteiger partial charge in [0.15, 0.2) is 14.5 Å². The van der Waals surface area contributed by atoms with Gasteiger partial charge in [0.2, 0.25) is 0 Å². The van der Waals surface area contributed by atoms with Crippen LogP contribution in [-0.4, -0.2) is 21.7 Å². The van der Waals surface area contributed by atoms with E-state index in [-0.39, 0.29) is 5.78 Å². The molecule has 3 rings (SSSR count). The molecule has 2 aromatic carbocycles. The van der Waals surface area contributed by atoms with E-state index >= 15 is 0 Å². The Hall–Kier alpha value is -1.63. The van der Waals surface area contributed by atoms with Crippen molar-refractivity contribution in [1.82, 2.24) is 10.2 Å². The van der Waals surface area contributed by atoms with Crippen LogP contribution in [0.3, 0.4) is 0 Å². The topological polar surface area (TPSA) is 42.9 Å². The molecule has 0 unspecified atom stereocenters. The quantitative estimate of drug-likeness (QED) is 0.412. The Morgan fingerprint density at radius 1 is 1.00 bits per heavy atom. The molecule has 3 nitrogen and oxygen atoms in total. The van der Waals surface area contributed by atoms with Crippen molar-refractivity contribution < 1.29 is 4.79 Å². The van der Waals surface area contributed by atoms with Gasteiger partial charge in [-0.15, -0.1) is 10.2 Å². The van der Waals surface area contributed by atoms with Gasteiger partial charge in [-0.1, -0.05) is 95.5 Å². The first-order valence-corrected chi connectivity index (χ1v) is 10.2. The first-order chi connectivity index (χ1) is 11.7. The maximum absolute atomic E-state index is 12.1. The number of carbonyl (C=O) groups is 1. The van der Waals surface area contributed by atoms with Gasteiger partial charge in [0.25, 0.3) is 0 Å². The molecular formula is C18H16N2OS3. The minimum Gasteiger partial charge on any atom is -0.293 e. The number of hydrogen-bond acceptors (Lipinski definition) is 6. The Morgan fingerprint density at radius 3 is 2.33 bits per heavy atom. The average Bonchev–Trinajstić information content (AvgIpc) is 3.08. The number of hydrogen-bond donors (Lipinski definition) is 0. The molecule has 0 saturated heterocycles. The number of nitrogens with zero attached hydrogens (tertiary/aromatic N) is 2. The number of carbonyl (C=O) groups excluding carboxylic acids is 1. The van der Waals surface area contributed by atoms with E-state index in [2.05, 4.69) is 29.3 Å². The van der Waals surface area contributed by atoms with Gasteiger partial charge in [0.1, 0.15) is 0 Å². The summed E-state index contributed by atoms with van der Waals surface area (Å²) in [7, 11) is 0. The van der Waals surface area contributed by atoms with E-state index in [1.54, 1.807) is 23.1 Å². The van der Waals surface area contributed by atoms with Crippen molar-refractivity contribution >= 4 is 40.6 Å². The highest BCUT2D eigenvalue weighted by Crippen LogP contribution is 2.38. The molecule has 0 spiro atoms. The third-order valence-electron chi connectivity index (χ3n) is 3.36. The molecule has 6 heteroatoms. The highest BCUT2D eigenvalue weighted by Gasteiger charge is 2.13. The summed E-state index contributed by atoms with van der Waals surface area (Å²) >= 11 is 4.69. The maximum Gasteiger partial charge on any atom is 0.175 e. The third-order valence-corrected chi connectivity index (χ3v) is 6.66. The van der Waals surface area contributed by atoms with Crippen LogP contribution in [-0.2, 0) is 0 Å². The summed E-state index contributed by atoms with van der Waals surface area (Å²) in [6.07, 6.45) is 0. The van der Waals surface area contributed by atoms with Gasteiger partial charge in [-0.25, -0.2) is 0 Å². The van der Waals surface area contributed by atoms with E-state index in [4.69, 9.17) is 0 Å². The largest absolute Gasteiger partial charge is 0.293 e. The molecule has 0 N–H and O–H groups in total. The predicted octanol–water partition coefficient (Wildman–Crippen LogP) is 5.37. The van der Waals surface area contributed by atoms with E-state index < -0.39 is 0 Å². The lowest BCUT2D eigenvalue weighted by atomic mass is 10.2. The lowest BCUT2D eigenvalue weighted by molar-refractivity contribution is 0.102. The fraction of sp³-hybridized carbons (Fsp3) is 0.167. The monoisotopic (exact) mass is 372 g/mol. The number of aromatic nitrogens is 2. The Morgan fingerprint density at radius 2 is 1.62 bits per heavy atom. The minimum atomic E-state index is 0.114. The molecule has 0 aliphatic carbocycles. The number of ketones is 1. The van der Waals surface area contributed by atoms with Gasteiger partial charge in [0.05, 0.1) is 5.75 Å². The van der Waals surface area contributed by atoms with Crippen molar-refractivity contribution in [3.63, 3.8) is 0 Å². The lowest BCUT2D eigenvalue weighted by Crippen LogP contribution is -2.01. The summed E-state index contributed by atoms with van der Waals surface area (Å²) in [4.78, 5) is 12.1. The second-order valence-corrected chi connectivity index (χ2v) is 8.87. The Balaban J connectivity index is 1.55. The van der Waals surface area contributed by atoms with E-state index in [9.17, 15) is 4.79 Å². The highest BCUT2D eigenvalue weighted by atomic mass is 32.2. The van der Waals surface area contributed by atoms with Gasteiger partial charge >= 0.3 is 0 Å². The standard InChI is InChI=1S/C18H16N2OS3/c1-13(14-8-4-2-5-9-14)23-18-20-19-17(24-18)22-12-16(21)15-10-6-3-7-11-15/h2-11,13H,12H2,1H3/t13-/m0/s1. The van der Waals surface area contributed by atoms with E-state index in [0.717, 1.165) is 14.2 Å². The van der Waals surface area contributed by atoms with E-state index in [0.29, 0.717) is 11.0 Å². The number of rotatable bonds is 7. The molecule has 0 saturated carbocycles. The summed E-state index contributed by atoms with van der Waals surface area (Å²) in [5.41, 5.74) is 2.01. The average molecular weight is 373 g/mol. The zero-order valence-electron chi connectivity index (χ0n) is 13.1. The molecule has 0 amide bonds. The maximum atomic E-state index is 12.1. The zero-order valence-corrected chi connectivity index (χ0v) is 15.5. The number of thioether (sulfide) groups is 2. The number of benzene rings is 2. The summed E-state index contributed by atoms with van der Waals surface area (Å²) in [6, 6.07) is 19.7. The van der Waals surface area contributed by atoms with Crippen LogP contribution >= 0.6 is 34.9 Å². The van der Waals surface area contributed by atoms with Crippen molar-refractivity contribution in [1.29, 1.82) is 0 Å². The van der Waals surface area contributed by atoms with Crippen molar-refractivity contribution in [3.05, 3.63) is 71.8 Å². The van der Waals surface area contributed by atoms with Crippen LogP contribution in [0.4, 0.5) is 0 Å². The van der Waals surface area contributed by atoms with Crippen LogP contribution in [0.5, 0.6) is 0 Å². The lowest BCUT2D eigenvalue weighted by Gasteiger charge is -2.08. The van der Waals surface area contributed by atoms with Crippen LogP contribution in [0.15, 0.2) is 69.3 Å². The normalized spacial score (nSPS) is 12.0. The predicted molar refractivity (Wildman–Crippen MR) is 102 cm³/mol. The first kappa shape index (κ1) is 17.2. The van der Waals surface area contributed by atoms with Gasteiger partial charge in [0, 0.05) is 10.8 Å². The Bertz CT molecular complexity index is 790. The van der Waals surface area contributed by atoms with E-state index in [1.807, 2.05) is 48.5 Å². The number of Topliss-reactive ketones (excluding diaryl/α,β-unsaturated/α-hetero) is 1. The second kappa shape index (κ2) is 8.46. The molecule has 1 heterocycles. The molecule has 3 aromatic rings. The smallest absolute Gasteiger partial charge is 0.175 e. The molecule has 0 radical (unpaired) electrons. The summed E-state index contributed by atoms with van der Waals surface area (Å²) in [5.74, 6) is 0.500. The van der Waals surface area contributed by atoms with Crippen molar-refractivity contribution in [2.75, 3.05) is 5.75 Å². The van der Waals surface area contributed by atoms with Crippen molar-refractivity contribution in [2.45, 2.75) is 20.9 Å². The van der Waals surface area contributed by atoms with Gasteiger partial charge in [-0.3, -0.25) is 4.79 Å². The molecular weight excluding hydrogens is 356 g/mol. The highest BCUT2D eigenvalue weighted by molar-refractivity contribution is 8.03. The molecule has 0 aliphatic rings. The fourth-order valence-electron chi connectivity index (χ4n) is 2.08. The Kier molecular flexibility index (Phi) is 6.07. The van der Waals surface area contributed by atoms with Crippen molar-refractivity contribution in [2.24, 2.45) is 0 Å². The molecule has 122 valence electrons. The summed E-state index contributed by atoms with van der Waals surface area (Å²) < 4.78 is 1.77. The third kappa shape index (κ3) is 4.69. The summed E-state index contributed by atoms with van der Waals surface area (Å²) in [6.45, 7) is 2.16. The summed E-state index contributed by atoms with van der Waals surface area (Å²) in [5, 5.41) is 8.74. The fourth-order valence-corrected chi connectivity index (χ4v) is 5.27. The Labute approximate surface area is 153 Å². The zero-order chi connectivity index (χ0) is 16.8. The van der Waals surface area contributed by atoms with E-state index in [1.165, 1.54) is 17.3 Å². The molecule has 1 atom stereocenters. The first-order valence-electron chi connectivity index (χ1n) is 7.48. The van der Waals surface area contributed by atoms with Gasteiger partial charge in [-0.05, 0) is 12.5 Å². The van der Waals surface area contributed by atoms with Gasteiger partial charge in [-0.2, -0.15) is 0 Å². The molecule has 0 fully saturated rings. The molecule has 0 aliphatic heterocycles. The SMILES string of the molecule is C[C@H](Sc1nnc(SCC(=O)c2ccccc2)s1)c1ccccc1. The van der Waals surface area contributed by atoms with Crippen LogP contribution < -0.4 is 0 Å². The molecule has 0 bridgehead atoms. The van der Waals surface area contributed by atoms with Crippen LogP contribution in [0, 0.1) is 0 Å². The van der Waals surface area contributed by atoms with Crippen LogP contribution in [0.1, 0.15) is 28.1 Å². The minimum absolute atomic E-state index is 0.114.